The summed E-state index contributed by atoms with van der Waals surface area (Å²) in [4.78, 5) is 26.4. The van der Waals surface area contributed by atoms with Crippen LogP contribution in [0.3, 0.4) is 0 Å². The van der Waals surface area contributed by atoms with E-state index in [-0.39, 0.29) is 5.56 Å². The van der Waals surface area contributed by atoms with Crippen LogP contribution >= 0.6 is 0 Å². The molecule has 0 fully saturated rings. The Balaban J connectivity index is 2.20. The lowest BCUT2D eigenvalue weighted by Crippen LogP contribution is -2.29. The summed E-state index contributed by atoms with van der Waals surface area (Å²) in [5, 5.41) is 4.50. The van der Waals surface area contributed by atoms with Gasteiger partial charge >= 0.3 is 0 Å². The zero-order chi connectivity index (χ0) is 17.1. The number of H-pyrrole nitrogens is 1. The van der Waals surface area contributed by atoms with Crippen molar-refractivity contribution in [2.75, 3.05) is 18.0 Å². The molecule has 0 saturated heterocycles. The molecule has 126 valence electrons. The maximum absolute atomic E-state index is 12.6. The number of aromatic amines is 1. The quantitative estimate of drug-likeness (QED) is 0.752. The van der Waals surface area contributed by atoms with Gasteiger partial charge in [-0.05, 0) is 25.0 Å². The number of hydrogen-bond acceptors (Lipinski definition) is 5. The molecule has 0 atom stereocenters. The Hall–Kier alpha value is -2.70. The molecule has 0 aliphatic carbocycles. The van der Waals surface area contributed by atoms with Crippen molar-refractivity contribution < 1.29 is 0 Å². The Labute approximate surface area is 140 Å². The van der Waals surface area contributed by atoms with E-state index in [4.69, 9.17) is 4.98 Å². The van der Waals surface area contributed by atoms with Crippen molar-refractivity contribution in [3.63, 3.8) is 0 Å². The van der Waals surface area contributed by atoms with Gasteiger partial charge in [-0.1, -0.05) is 13.8 Å². The first-order valence-corrected chi connectivity index (χ1v) is 8.28. The zero-order valence-electron chi connectivity index (χ0n) is 14.3. The fraction of sp³-hybridized carbons (Fsp3) is 0.412. The molecule has 0 saturated carbocycles. The van der Waals surface area contributed by atoms with E-state index in [0.717, 1.165) is 31.5 Å². The molecular weight excluding hydrogens is 304 g/mol. The molecule has 3 aromatic rings. The Morgan fingerprint density at radius 2 is 1.83 bits per heavy atom. The number of nitrogens with one attached hydrogen (secondary N) is 1. The predicted octanol–water partition coefficient (Wildman–Crippen LogP) is 2.34. The Bertz CT molecular complexity index is 877. The van der Waals surface area contributed by atoms with Crippen LogP contribution in [0.5, 0.6) is 0 Å². The molecule has 24 heavy (non-hydrogen) atoms. The molecule has 3 heterocycles. The largest absolute Gasteiger partial charge is 0.342 e. The maximum Gasteiger partial charge on any atom is 0.278 e. The summed E-state index contributed by atoms with van der Waals surface area (Å²) in [6, 6.07) is 3.75. The second kappa shape index (κ2) is 6.82. The van der Waals surface area contributed by atoms with Gasteiger partial charge in [-0.3, -0.25) is 19.4 Å². The third-order valence-electron chi connectivity index (χ3n) is 3.92. The van der Waals surface area contributed by atoms with Crippen molar-refractivity contribution in [3.8, 4) is 11.3 Å². The van der Waals surface area contributed by atoms with E-state index in [1.54, 1.807) is 24.1 Å². The van der Waals surface area contributed by atoms with Gasteiger partial charge < -0.3 is 4.90 Å². The van der Waals surface area contributed by atoms with Crippen LogP contribution in [0.25, 0.3) is 22.3 Å². The predicted molar refractivity (Wildman–Crippen MR) is 95.2 cm³/mol. The third-order valence-corrected chi connectivity index (χ3v) is 3.92. The second-order valence-electron chi connectivity index (χ2n) is 5.78. The molecule has 0 aliphatic heterocycles. The van der Waals surface area contributed by atoms with Gasteiger partial charge in [0.2, 0.25) is 5.95 Å². The number of aryl methyl sites for hydroxylation is 1. The minimum absolute atomic E-state index is 0.164. The number of hydrogen-bond donors (Lipinski definition) is 1. The highest BCUT2D eigenvalue weighted by Crippen LogP contribution is 2.25. The molecule has 7 heteroatoms. The molecule has 0 bridgehead atoms. The Morgan fingerprint density at radius 3 is 2.46 bits per heavy atom. The van der Waals surface area contributed by atoms with E-state index in [0.29, 0.717) is 22.7 Å². The number of fused-ring (bicyclic) bond motifs is 1. The monoisotopic (exact) mass is 326 g/mol. The number of rotatable bonds is 6. The number of anilines is 1. The topological polar surface area (TPSA) is 79.7 Å². The molecule has 0 aromatic carbocycles. The van der Waals surface area contributed by atoms with E-state index < -0.39 is 0 Å². The van der Waals surface area contributed by atoms with Gasteiger partial charge in [-0.25, -0.2) is 4.98 Å². The van der Waals surface area contributed by atoms with E-state index in [2.05, 4.69) is 33.8 Å². The summed E-state index contributed by atoms with van der Waals surface area (Å²) >= 11 is 0. The highest BCUT2D eigenvalue weighted by atomic mass is 16.1. The third kappa shape index (κ3) is 2.89. The fourth-order valence-electron chi connectivity index (χ4n) is 2.89. The average molecular weight is 326 g/mol. The molecular formula is C17H22N6O. The summed E-state index contributed by atoms with van der Waals surface area (Å²) in [5.74, 6) is 0.611. The smallest absolute Gasteiger partial charge is 0.278 e. The standard InChI is InChI=1S/C17H22N6O/c1-4-10-23(11-5-2)17-19-14-13(12-6-8-18-9-7-12)21-22(3)15(14)16(24)20-17/h6-9H,4-5,10-11H2,1-3H3,(H,19,20,24). The maximum atomic E-state index is 12.6. The molecule has 3 rings (SSSR count). The van der Waals surface area contributed by atoms with Crippen LogP contribution < -0.4 is 10.5 Å². The SMILES string of the molecule is CCCN(CCC)c1nc2c(-c3ccncc3)nn(C)c2c(=O)[nH]1. The van der Waals surface area contributed by atoms with E-state index in [1.165, 1.54) is 0 Å². The van der Waals surface area contributed by atoms with Crippen molar-refractivity contribution >= 4 is 17.0 Å². The second-order valence-corrected chi connectivity index (χ2v) is 5.78. The van der Waals surface area contributed by atoms with Crippen LogP contribution in [-0.4, -0.2) is 37.8 Å². The lowest BCUT2D eigenvalue weighted by Gasteiger charge is -2.21. The van der Waals surface area contributed by atoms with Gasteiger partial charge in [0.25, 0.3) is 5.56 Å². The molecule has 3 aromatic heterocycles. The van der Waals surface area contributed by atoms with E-state index in [9.17, 15) is 4.79 Å². The fourth-order valence-corrected chi connectivity index (χ4v) is 2.89. The zero-order valence-corrected chi connectivity index (χ0v) is 14.3. The first-order chi connectivity index (χ1) is 11.7. The van der Waals surface area contributed by atoms with Crippen molar-refractivity contribution in [1.29, 1.82) is 0 Å². The number of pyridine rings is 1. The van der Waals surface area contributed by atoms with Gasteiger partial charge in [0.1, 0.15) is 11.2 Å². The van der Waals surface area contributed by atoms with Gasteiger partial charge in [0, 0.05) is 38.1 Å². The lowest BCUT2D eigenvalue weighted by atomic mass is 10.2. The van der Waals surface area contributed by atoms with Crippen LogP contribution in [0.4, 0.5) is 5.95 Å². The number of aromatic nitrogens is 5. The molecule has 0 spiro atoms. The lowest BCUT2D eigenvalue weighted by molar-refractivity contribution is 0.721. The normalized spacial score (nSPS) is 11.1. The molecule has 7 nitrogen and oxygen atoms in total. The Kier molecular flexibility index (Phi) is 4.59. The molecule has 0 radical (unpaired) electrons. The summed E-state index contributed by atoms with van der Waals surface area (Å²) in [7, 11) is 1.76. The van der Waals surface area contributed by atoms with Crippen molar-refractivity contribution in [2.24, 2.45) is 7.05 Å². The highest BCUT2D eigenvalue weighted by molar-refractivity contribution is 5.90. The van der Waals surface area contributed by atoms with Crippen molar-refractivity contribution in [3.05, 3.63) is 34.9 Å². The van der Waals surface area contributed by atoms with E-state index in [1.807, 2.05) is 12.1 Å². The highest BCUT2D eigenvalue weighted by Gasteiger charge is 2.18. The van der Waals surface area contributed by atoms with Crippen LogP contribution in [0.2, 0.25) is 0 Å². The van der Waals surface area contributed by atoms with Crippen LogP contribution in [0, 0.1) is 0 Å². The summed E-state index contributed by atoms with van der Waals surface area (Å²) in [6.45, 7) is 5.94. The minimum atomic E-state index is -0.164. The first kappa shape index (κ1) is 16.2. The minimum Gasteiger partial charge on any atom is -0.342 e. The van der Waals surface area contributed by atoms with Gasteiger partial charge in [0.05, 0.1) is 0 Å². The van der Waals surface area contributed by atoms with Crippen molar-refractivity contribution in [2.45, 2.75) is 26.7 Å². The average Bonchev–Trinajstić information content (AvgIpc) is 2.93. The van der Waals surface area contributed by atoms with Crippen molar-refractivity contribution in [1.82, 2.24) is 24.7 Å². The summed E-state index contributed by atoms with van der Waals surface area (Å²) in [5.41, 5.74) is 2.55. The molecule has 0 aliphatic rings. The summed E-state index contributed by atoms with van der Waals surface area (Å²) in [6.07, 6.45) is 5.41. The molecule has 0 unspecified atom stereocenters. The van der Waals surface area contributed by atoms with Crippen LogP contribution in [0.1, 0.15) is 26.7 Å². The number of nitrogens with zero attached hydrogens (tertiary/aromatic N) is 5. The van der Waals surface area contributed by atoms with Gasteiger partial charge in [0.15, 0.2) is 5.52 Å². The molecule has 0 amide bonds. The van der Waals surface area contributed by atoms with Crippen LogP contribution in [0.15, 0.2) is 29.3 Å². The van der Waals surface area contributed by atoms with Gasteiger partial charge in [-0.15, -0.1) is 0 Å². The van der Waals surface area contributed by atoms with Crippen LogP contribution in [-0.2, 0) is 7.05 Å². The van der Waals surface area contributed by atoms with E-state index >= 15 is 0 Å². The van der Waals surface area contributed by atoms with Gasteiger partial charge in [-0.2, -0.15) is 5.10 Å². The summed E-state index contributed by atoms with van der Waals surface area (Å²) < 4.78 is 1.59. The first-order valence-electron chi connectivity index (χ1n) is 8.28. The Morgan fingerprint density at radius 1 is 1.17 bits per heavy atom. The molecule has 1 N–H and O–H groups in total.